The summed E-state index contributed by atoms with van der Waals surface area (Å²) in [5.74, 6) is 2.27. The summed E-state index contributed by atoms with van der Waals surface area (Å²) >= 11 is 0. The van der Waals surface area contributed by atoms with Crippen LogP contribution in [0.4, 0.5) is 0 Å². The van der Waals surface area contributed by atoms with Crippen LogP contribution < -0.4 is 0 Å². The zero-order valence-corrected chi connectivity index (χ0v) is 4.16. The molecule has 0 aromatic carbocycles. The van der Waals surface area contributed by atoms with Gasteiger partial charge in [-0.15, -0.1) is 0 Å². The number of hydrogen-bond acceptors (Lipinski definition) is 5. The standard InChI is InChI=1S/C4H2O5/c5-3-1-2-4(6)8-9-7/h3,7H. The van der Waals surface area contributed by atoms with Gasteiger partial charge in [0.15, 0.2) is 6.29 Å². The van der Waals surface area contributed by atoms with Crippen molar-refractivity contribution in [2.75, 3.05) is 0 Å². The average Bonchev–Trinajstić information content (AvgIpc) is 1.85. The van der Waals surface area contributed by atoms with Crippen molar-refractivity contribution in [2.24, 2.45) is 0 Å². The molecule has 0 radical (unpaired) electrons. The second-order valence-electron chi connectivity index (χ2n) is 0.833. The summed E-state index contributed by atoms with van der Waals surface area (Å²) in [7, 11) is 0. The second kappa shape index (κ2) is 4.77. The summed E-state index contributed by atoms with van der Waals surface area (Å²) in [6.07, 6.45) is 0.207. The summed E-state index contributed by atoms with van der Waals surface area (Å²) in [6, 6.07) is 0. The first-order valence-corrected chi connectivity index (χ1v) is 1.78. The molecule has 0 saturated carbocycles. The highest BCUT2D eigenvalue weighted by molar-refractivity contribution is 5.92. The van der Waals surface area contributed by atoms with Crippen LogP contribution in [-0.2, 0) is 19.5 Å². The molecule has 0 spiro atoms. The van der Waals surface area contributed by atoms with Crippen LogP contribution in [0.3, 0.4) is 0 Å². The molecule has 0 fully saturated rings. The van der Waals surface area contributed by atoms with E-state index in [0.29, 0.717) is 0 Å². The van der Waals surface area contributed by atoms with Crippen molar-refractivity contribution < 1.29 is 24.8 Å². The van der Waals surface area contributed by atoms with E-state index in [0.717, 1.165) is 0 Å². The topological polar surface area (TPSA) is 72.8 Å². The van der Waals surface area contributed by atoms with Gasteiger partial charge in [0, 0.05) is 5.92 Å². The normalized spacial score (nSPS) is 6.78. The molecule has 0 rings (SSSR count). The molecule has 48 valence electrons. The maximum Gasteiger partial charge on any atom is 0.420 e. The van der Waals surface area contributed by atoms with Crippen LogP contribution in [0.5, 0.6) is 0 Å². The quantitative estimate of drug-likeness (QED) is 0.216. The third-order valence-electron chi connectivity index (χ3n) is 0.346. The molecule has 0 aliphatic rings. The van der Waals surface area contributed by atoms with Gasteiger partial charge >= 0.3 is 5.97 Å². The molecule has 0 heterocycles. The Kier molecular flexibility index (Phi) is 4.04. The first-order chi connectivity index (χ1) is 4.31. The summed E-state index contributed by atoms with van der Waals surface area (Å²) < 4.78 is 0. The minimum atomic E-state index is -1.13. The van der Waals surface area contributed by atoms with Crippen LogP contribution in [0.15, 0.2) is 0 Å². The number of hydrogen-bond donors (Lipinski definition) is 1. The minimum absolute atomic E-state index is 0.207. The van der Waals surface area contributed by atoms with E-state index in [1.807, 2.05) is 0 Å². The molecule has 0 atom stereocenters. The molecule has 0 unspecified atom stereocenters. The van der Waals surface area contributed by atoms with E-state index >= 15 is 0 Å². The van der Waals surface area contributed by atoms with Crippen LogP contribution in [-0.4, -0.2) is 17.5 Å². The first kappa shape index (κ1) is 7.62. The molecule has 0 amide bonds. The van der Waals surface area contributed by atoms with Gasteiger partial charge in [-0.25, -0.2) is 10.1 Å². The SMILES string of the molecule is O=CC#CC(=O)OOO. The number of rotatable bonds is 1. The summed E-state index contributed by atoms with van der Waals surface area (Å²) in [6.45, 7) is 0. The van der Waals surface area contributed by atoms with Crippen LogP contribution in [0, 0.1) is 11.8 Å². The van der Waals surface area contributed by atoms with Gasteiger partial charge in [0.2, 0.25) is 0 Å². The first-order valence-electron chi connectivity index (χ1n) is 1.78. The zero-order valence-electron chi connectivity index (χ0n) is 4.16. The number of carbonyl (C=O) groups is 2. The maximum absolute atomic E-state index is 9.96. The van der Waals surface area contributed by atoms with Gasteiger partial charge in [0.25, 0.3) is 0 Å². The van der Waals surface area contributed by atoms with Crippen molar-refractivity contribution in [3.05, 3.63) is 0 Å². The van der Waals surface area contributed by atoms with Crippen LogP contribution in [0.2, 0.25) is 0 Å². The lowest BCUT2D eigenvalue weighted by molar-refractivity contribution is -0.460. The van der Waals surface area contributed by atoms with Gasteiger partial charge in [-0.2, -0.15) is 0 Å². The Bertz CT molecular complexity index is 162. The van der Waals surface area contributed by atoms with E-state index < -0.39 is 5.97 Å². The lowest BCUT2D eigenvalue weighted by atomic mass is 10.6. The molecule has 0 saturated heterocycles. The van der Waals surface area contributed by atoms with Crippen molar-refractivity contribution in [3.8, 4) is 11.8 Å². The van der Waals surface area contributed by atoms with Gasteiger partial charge < -0.3 is 0 Å². The Morgan fingerprint density at radius 1 is 1.67 bits per heavy atom. The molecule has 0 aromatic rings. The molecule has 9 heavy (non-hydrogen) atoms. The van der Waals surface area contributed by atoms with E-state index in [4.69, 9.17) is 5.26 Å². The molecular formula is C4H2O5. The Labute approximate surface area is 50.0 Å². The van der Waals surface area contributed by atoms with Crippen LogP contribution in [0.25, 0.3) is 0 Å². The van der Waals surface area contributed by atoms with Crippen LogP contribution >= 0.6 is 0 Å². The van der Waals surface area contributed by atoms with Gasteiger partial charge in [-0.05, 0) is 11.0 Å². The summed E-state index contributed by atoms with van der Waals surface area (Å²) in [4.78, 5) is 22.8. The predicted molar refractivity (Wildman–Crippen MR) is 23.6 cm³/mol. The third kappa shape index (κ3) is 4.47. The number of aldehydes is 1. The lowest BCUT2D eigenvalue weighted by Crippen LogP contribution is -1.99. The fraction of sp³-hybridized carbons (Fsp3) is 0. The molecule has 0 aromatic heterocycles. The number of carbonyl (C=O) groups excluding carboxylic acids is 2. The van der Waals surface area contributed by atoms with Crippen molar-refractivity contribution in [1.82, 2.24) is 0 Å². The monoisotopic (exact) mass is 130 g/mol. The molecule has 5 nitrogen and oxygen atoms in total. The second-order valence-corrected chi connectivity index (χ2v) is 0.833. The van der Waals surface area contributed by atoms with Gasteiger partial charge in [-0.1, -0.05) is 0 Å². The van der Waals surface area contributed by atoms with Gasteiger partial charge in [0.05, 0.1) is 0 Å². The molecule has 0 aliphatic carbocycles. The Hall–Kier alpha value is -1.38. The average molecular weight is 130 g/mol. The summed E-state index contributed by atoms with van der Waals surface area (Å²) in [5, 5.41) is 10.4. The smallest absolute Gasteiger partial charge is 0.289 e. The molecular weight excluding hydrogens is 128 g/mol. The van der Waals surface area contributed by atoms with E-state index in [2.05, 4.69) is 9.93 Å². The Morgan fingerprint density at radius 3 is 2.78 bits per heavy atom. The fourth-order valence-corrected chi connectivity index (χ4v) is 0.143. The zero-order chi connectivity index (χ0) is 7.11. The lowest BCUT2D eigenvalue weighted by Gasteiger charge is -1.84. The highest BCUT2D eigenvalue weighted by atomic mass is 17.5. The minimum Gasteiger partial charge on any atom is -0.289 e. The molecule has 0 bridgehead atoms. The predicted octanol–water partition coefficient (Wildman–Crippen LogP) is -0.863. The van der Waals surface area contributed by atoms with Crippen molar-refractivity contribution in [2.45, 2.75) is 0 Å². The highest BCUT2D eigenvalue weighted by Gasteiger charge is 1.93. The van der Waals surface area contributed by atoms with E-state index in [1.165, 1.54) is 0 Å². The van der Waals surface area contributed by atoms with Crippen molar-refractivity contribution >= 4 is 12.3 Å². The third-order valence-corrected chi connectivity index (χ3v) is 0.346. The van der Waals surface area contributed by atoms with Crippen molar-refractivity contribution in [1.29, 1.82) is 0 Å². The van der Waals surface area contributed by atoms with Gasteiger partial charge in [-0.3, -0.25) is 9.68 Å². The molecule has 0 aliphatic heterocycles. The van der Waals surface area contributed by atoms with E-state index in [-0.39, 0.29) is 6.29 Å². The van der Waals surface area contributed by atoms with E-state index in [1.54, 1.807) is 11.8 Å². The van der Waals surface area contributed by atoms with E-state index in [9.17, 15) is 9.59 Å². The Balaban J connectivity index is 3.62. The van der Waals surface area contributed by atoms with Gasteiger partial charge in [0.1, 0.15) is 0 Å². The molecule has 1 N–H and O–H groups in total. The Morgan fingerprint density at radius 2 is 2.33 bits per heavy atom. The molecule has 5 heteroatoms. The largest absolute Gasteiger partial charge is 0.420 e. The fourth-order valence-electron chi connectivity index (χ4n) is 0.143. The van der Waals surface area contributed by atoms with Crippen molar-refractivity contribution in [3.63, 3.8) is 0 Å². The highest BCUT2D eigenvalue weighted by Crippen LogP contribution is 1.71. The summed E-state index contributed by atoms with van der Waals surface area (Å²) in [5.41, 5.74) is 0. The van der Waals surface area contributed by atoms with Crippen LogP contribution in [0.1, 0.15) is 0 Å². The maximum atomic E-state index is 9.96.